The Morgan fingerprint density at radius 3 is 2.96 bits per heavy atom. The van der Waals surface area contributed by atoms with E-state index in [1.165, 1.54) is 5.56 Å². The van der Waals surface area contributed by atoms with Crippen molar-refractivity contribution in [1.29, 1.82) is 0 Å². The number of benzene rings is 1. The Labute approximate surface area is 141 Å². The largest absolute Gasteiger partial charge is 0.478 e. The highest BCUT2D eigenvalue weighted by Gasteiger charge is 2.63. The van der Waals surface area contributed by atoms with Crippen molar-refractivity contribution in [3.05, 3.63) is 41.1 Å². The van der Waals surface area contributed by atoms with Crippen molar-refractivity contribution in [2.24, 2.45) is 11.8 Å². The number of hydrogen-bond donors (Lipinski definition) is 3. The Bertz CT molecular complexity index is 772. The number of piperidine rings is 1. The molecule has 4 aliphatic rings. The van der Waals surface area contributed by atoms with Crippen molar-refractivity contribution in [3.63, 3.8) is 0 Å². The Morgan fingerprint density at radius 2 is 2.21 bits per heavy atom. The van der Waals surface area contributed by atoms with Crippen molar-refractivity contribution in [2.75, 3.05) is 18.4 Å². The molecule has 0 radical (unpaired) electrons. The van der Waals surface area contributed by atoms with Crippen LogP contribution in [-0.4, -0.2) is 46.3 Å². The second-order valence-electron chi connectivity index (χ2n) is 7.74. The molecule has 3 heterocycles. The van der Waals surface area contributed by atoms with Crippen LogP contribution in [0, 0.1) is 11.8 Å². The molecule has 126 valence electrons. The van der Waals surface area contributed by atoms with Gasteiger partial charge in [-0.15, -0.1) is 0 Å². The number of para-hydroxylation sites is 1. The summed E-state index contributed by atoms with van der Waals surface area (Å²) in [5, 5.41) is 23.7. The van der Waals surface area contributed by atoms with E-state index in [2.05, 4.69) is 22.3 Å². The van der Waals surface area contributed by atoms with Crippen LogP contribution in [-0.2, 0) is 10.2 Å². The summed E-state index contributed by atoms with van der Waals surface area (Å²) < 4.78 is 0. The number of hydrogen-bond acceptors (Lipinski definition) is 4. The van der Waals surface area contributed by atoms with Crippen LogP contribution in [0.25, 0.3) is 0 Å². The summed E-state index contributed by atoms with van der Waals surface area (Å²) in [6, 6.07) is 8.59. The zero-order valence-electron chi connectivity index (χ0n) is 13.7. The molecule has 24 heavy (non-hydrogen) atoms. The topological polar surface area (TPSA) is 72.8 Å². The molecule has 0 aromatic heterocycles. The molecule has 5 nitrogen and oxygen atoms in total. The minimum Gasteiger partial charge on any atom is -0.478 e. The fourth-order valence-electron chi connectivity index (χ4n) is 5.88. The van der Waals surface area contributed by atoms with Gasteiger partial charge in [0.15, 0.2) is 0 Å². The summed E-state index contributed by atoms with van der Waals surface area (Å²) in [6.45, 7) is 3.55. The van der Waals surface area contributed by atoms with Gasteiger partial charge in [-0.05, 0) is 37.9 Å². The first kappa shape index (κ1) is 14.5. The molecule has 0 saturated carbocycles. The summed E-state index contributed by atoms with van der Waals surface area (Å²) in [5.41, 5.74) is 3.50. The van der Waals surface area contributed by atoms with Gasteiger partial charge in [0.2, 0.25) is 0 Å². The van der Waals surface area contributed by atoms with Crippen LogP contribution in [0.1, 0.15) is 25.3 Å². The van der Waals surface area contributed by atoms with E-state index in [1.807, 2.05) is 12.1 Å². The minimum absolute atomic E-state index is 0.0125. The van der Waals surface area contributed by atoms with Gasteiger partial charge in [-0.25, -0.2) is 4.79 Å². The maximum atomic E-state index is 12.2. The van der Waals surface area contributed by atoms with Crippen LogP contribution < -0.4 is 5.32 Å². The number of anilines is 1. The monoisotopic (exact) mass is 326 g/mol. The summed E-state index contributed by atoms with van der Waals surface area (Å²) in [6.07, 6.45) is 1.28. The van der Waals surface area contributed by atoms with Gasteiger partial charge >= 0.3 is 5.97 Å². The van der Waals surface area contributed by atoms with Gasteiger partial charge in [0.05, 0.1) is 17.1 Å². The molecule has 1 aliphatic carbocycles. The fraction of sp³-hybridized carbons (Fsp3) is 0.526. The summed E-state index contributed by atoms with van der Waals surface area (Å²) in [4.78, 5) is 14.7. The number of rotatable bonds is 2. The fourth-order valence-corrected chi connectivity index (χ4v) is 5.88. The summed E-state index contributed by atoms with van der Waals surface area (Å²) in [5.74, 6) is -0.924. The van der Waals surface area contributed by atoms with Crippen molar-refractivity contribution >= 4 is 11.7 Å². The van der Waals surface area contributed by atoms with Crippen molar-refractivity contribution in [1.82, 2.24) is 4.90 Å². The highest BCUT2D eigenvalue weighted by molar-refractivity contribution is 5.92. The number of carboxylic acid groups (broad SMARTS) is 1. The van der Waals surface area contributed by atoms with Crippen LogP contribution in [0.3, 0.4) is 0 Å². The van der Waals surface area contributed by atoms with E-state index < -0.39 is 12.1 Å². The predicted octanol–water partition coefficient (Wildman–Crippen LogP) is 1.79. The van der Waals surface area contributed by atoms with Gasteiger partial charge in [0, 0.05) is 35.8 Å². The van der Waals surface area contributed by atoms with Crippen LogP contribution in [0.2, 0.25) is 0 Å². The third-order valence-corrected chi connectivity index (χ3v) is 6.85. The van der Waals surface area contributed by atoms with Gasteiger partial charge in [0.25, 0.3) is 0 Å². The molecule has 5 heteroatoms. The van der Waals surface area contributed by atoms with Gasteiger partial charge in [-0.2, -0.15) is 0 Å². The van der Waals surface area contributed by atoms with E-state index >= 15 is 0 Å². The zero-order chi connectivity index (χ0) is 16.6. The maximum absolute atomic E-state index is 12.2. The molecule has 1 spiro atoms. The Morgan fingerprint density at radius 1 is 1.42 bits per heavy atom. The molecule has 0 unspecified atom stereocenters. The third-order valence-electron chi connectivity index (χ3n) is 6.85. The van der Waals surface area contributed by atoms with Crippen LogP contribution in [0.5, 0.6) is 0 Å². The lowest BCUT2D eigenvalue weighted by Gasteiger charge is -2.51. The number of aliphatic carboxylic acids is 1. The van der Waals surface area contributed by atoms with Crippen molar-refractivity contribution < 1.29 is 15.0 Å². The van der Waals surface area contributed by atoms with E-state index in [0.717, 1.165) is 37.3 Å². The number of nitrogens with zero attached hydrogens (tertiary/aromatic N) is 1. The number of aliphatic hydroxyl groups excluding tert-OH is 1. The standard InChI is InChI=1S/C19H22N2O3/c1-10(22)12-9-21-7-6-19-13-4-2-3-5-14(13)20-17(19)16(18(23)24)11(12)8-15(19)21/h2-5,10-12,15,20,22H,6-9H2,1H3,(H,23,24)/t10-,11-,12-,15-,19+/m0/s1. The first-order valence-corrected chi connectivity index (χ1v) is 8.80. The van der Waals surface area contributed by atoms with Gasteiger partial charge in [-0.3, -0.25) is 4.90 Å². The molecule has 2 fully saturated rings. The second kappa shape index (κ2) is 4.61. The maximum Gasteiger partial charge on any atom is 0.333 e. The number of carbonyl (C=O) groups is 1. The van der Waals surface area contributed by atoms with E-state index in [0.29, 0.717) is 11.6 Å². The van der Waals surface area contributed by atoms with Crippen LogP contribution in [0.15, 0.2) is 35.5 Å². The first-order chi connectivity index (χ1) is 11.5. The van der Waals surface area contributed by atoms with Crippen LogP contribution in [0.4, 0.5) is 5.69 Å². The molecule has 3 aliphatic heterocycles. The second-order valence-corrected chi connectivity index (χ2v) is 7.74. The number of aliphatic hydroxyl groups is 1. The molecule has 1 aromatic rings. The number of nitrogens with one attached hydrogen (secondary N) is 1. The third kappa shape index (κ3) is 1.55. The smallest absolute Gasteiger partial charge is 0.333 e. The molecule has 5 rings (SSSR count). The summed E-state index contributed by atoms with van der Waals surface area (Å²) >= 11 is 0. The Kier molecular flexibility index (Phi) is 2.78. The lowest BCUT2D eigenvalue weighted by atomic mass is 9.60. The molecule has 5 atom stereocenters. The number of carboxylic acids is 1. The lowest BCUT2D eigenvalue weighted by Crippen LogP contribution is -2.57. The molecular weight excluding hydrogens is 304 g/mol. The molecule has 0 amide bonds. The van der Waals surface area contributed by atoms with E-state index in [9.17, 15) is 15.0 Å². The average molecular weight is 326 g/mol. The van der Waals surface area contributed by atoms with Crippen molar-refractivity contribution in [2.45, 2.75) is 37.3 Å². The van der Waals surface area contributed by atoms with E-state index in [1.54, 1.807) is 6.92 Å². The zero-order valence-corrected chi connectivity index (χ0v) is 13.7. The Hall–Kier alpha value is -1.85. The molecule has 1 aromatic carbocycles. The van der Waals surface area contributed by atoms with Gasteiger partial charge in [0.1, 0.15) is 0 Å². The number of fused-ring (bicyclic) bond motifs is 2. The molecule has 2 saturated heterocycles. The van der Waals surface area contributed by atoms with Crippen molar-refractivity contribution in [3.8, 4) is 0 Å². The Balaban J connectivity index is 1.79. The van der Waals surface area contributed by atoms with E-state index in [-0.39, 0.29) is 17.3 Å². The lowest BCUT2D eigenvalue weighted by molar-refractivity contribution is -0.134. The predicted molar refractivity (Wildman–Crippen MR) is 89.7 cm³/mol. The van der Waals surface area contributed by atoms with E-state index in [4.69, 9.17) is 0 Å². The highest BCUT2D eigenvalue weighted by atomic mass is 16.4. The van der Waals surface area contributed by atoms with Gasteiger partial charge < -0.3 is 15.5 Å². The van der Waals surface area contributed by atoms with Crippen LogP contribution >= 0.6 is 0 Å². The molecule has 2 bridgehead atoms. The molecular formula is C19H22N2O3. The highest BCUT2D eigenvalue weighted by Crippen LogP contribution is 2.61. The normalized spacial score (nSPS) is 37.7. The first-order valence-electron chi connectivity index (χ1n) is 8.80. The van der Waals surface area contributed by atoms with Gasteiger partial charge in [-0.1, -0.05) is 18.2 Å². The quantitative estimate of drug-likeness (QED) is 0.773. The SMILES string of the molecule is C[C@H](O)[C@@H]1CN2CC[C@]34C(=C(C(=O)O)[C@H]1C[C@H]23)Nc1ccccc14. The summed E-state index contributed by atoms with van der Waals surface area (Å²) in [7, 11) is 0. The average Bonchev–Trinajstić information content (AvgIpc) is 3.10. The molecule has 3 N–H and O–H groups in total. The minimum atomic E-state index is -0.834.